The number of carbonyl (C=O) groups is 2. The highest BCUT2D eigenvalue weighted by molar-refractivity contribution is 5.92. The molecular formula is C19H28N4O3. The number of carbonyl (C=O) groups excluding carboxylic acids is 2. The van der Waals surface area contributed by atoms with Crippen molar-refractivity contribution < 1.29 is 14.3 Å². The maximum atomic E-state index is 13.0. The fourth-order valence-corrected chi connectivity index (χ4v) is 3.89. The van der Waals surface area contributed by atoms with Gasteiger partial charge in [-0.05, 0) is 39.4 Å². The highest BCUT2D eigenvalue weighted by Gasteiger charge is 2.41. The standard InChI is InChI=1S/C19H28N4O3/c1-19(6-10-21(2)14-19)18(25)23-9-4-8-22(11-12-23)17(24)16-13-15(26-3)5-7-20-16/h5,7,13H,4,6,8-12,14H2,1-3H3. The minimum Gasteiger partial charge on any atom is -0.497 e. The monoisotopic (exact) mass is 360 g/mol. The van der Waals surface area contributed by atoms with Gasteiger partial charge in [-0.2, -0.15) is 0 Å². The molecule has 2 aliphatic rings. The molecule has 3 rings (SSSR count). The van der Waals surface area contributed by atoms with Gasteiger partial charge in [0, 0.05) is 45.0 Å². The van der Waals surface area contributed by atoms with E-state index in [4.69, 9.17) is 4.74 Å². The second-order valence-corrected chi connectivity index (χ2v) is 7.57. The zero-order chi connectivity index (χ0) is 18.7. The molecule has 0 bridgehead atoms. The van der Waals surface area contributed by atoms with Crippen molar-refractivity contribution in [3.63, 3.8) is 0 Å². The molecule has 2 fully saturated rings. The molecule has 0 radical (unpaired) electrons. The number of hydrogen-bond donors (Lipinski definition) is 0. The number of methoxy groups -OCH3 is 1. The van der Waals surface area contributed by atoms with Crippen molar-refractivity contribution in [2.24, 2.45) is 5.41 Å². The van der Waals surface area contributed by atoms with Crippen LogP contribution in [-0.4, -0.2) is 84.9 Å². The number of likely N-dealkylation sites (tertiary alicyclic amines) is 1. The molecule has 0 saturated carbocycles. The molecule has 2 saturated heterocycles. The molecule has 0 N–H and O–H groups in total. The molecule has 1 atom stereocenters. The van der Waals surface area contributed by atoms with E-state index in [1.54, 1.807) is 30.3 Å². The van der Waals surface area contributed by atoms with E-state index in [2.05, 4.69) is 23.9 Å². The smallest absolute Gasteiger partial charge is 0.272 e. The van der Waals surface area contributed by atoms with Crippen LogP contribution in [0.25, 0.3) is 0 Å². The van der Waals surface area contributed by atoms with Crippen molar-refractivity contribution in [2.45, 2.75) is 19.8 Å². The number of nitrogens with zero attached hydrogens (tertiary/aromatic N) is 4. The number of pyridine rings is 1. The van der Waals surface area contributed by atoms with Gasteiger partial charge in [-0.15, -0.1) is 0 Å². The average molecular weight is 360 g/mol. The van der Waals surface area contributed by atoms with Crippen molar-refractivity contribution in [3.05, 3.63) is 24.0 Å². The summed E-state index contributed by atoms with van der Waals surface area (Å²) >= 11 is 0. The molecule has 1 aromatic rings. The number of hydrogen-bond acceptors (Lipinski definition) is 5. The van der Waals surface area contributed by atoms with E-state index < -0.39 is 0 Å². The molecule has 7 nitrogen and oxygen atoms in total. The molecule has 1 aromatic heterocycles. The molecule has 0 aromatic carbocycles. The van der Waals surface area contributed by atoms with E-state index in [9.17, 15) is 9.59 Å². The molecule has 2 amide bonds. The lowest BCUT2D eigenvalue weighted by atomic mass is 9.88. The second-order valence-electron chi connectivity index (χ2n) is 7.57. The first-order valence-corrected chi connectivity index (χ1v) is 9.20. The number of amides is 2. The van der Waals surface area contributed by atoms with Crippen LogP contribution in [0.3, 0.4) is 0 Å². The fraction of sp³-hybridized carbons (Fsp3) is 0.632. The van der Waals surface area contributed by atoms with Gasteiger partial charge in [-0.1, -0.05) is 0 Å². The SMILES string of the molecule is COc1ccnc(C(=O)N2CCCN(C(=O)C3(C)CCN(C)C3)CC2)c1. The van der Waals surface area contributed by atoms with Crippen molar-refractivity contribution >= 4 is 11.8 Å². The van der Waals surface area contributed by atoms with Crippen LogP contribution in [0.15, 0.2) is 18.3 Å². The Kier molecular flexibility index (Phi) is 5.46. The van der Waals surface area contributed by atoms with Gasteiger partial charge in [0.2, 0.25) is 5.91 Å². The first-order valence-electron chi connectivity index (χ1n) is 9.20. The summed E-state index contributed by atoms with van der Waals surface area (Å²) in [5.74, 6) is 0.730. The van der Waals surface area contributed by atoms with Gasteiger partial charge in [0.1, 0.15) is 11.4 Å². The lowest BCUT2D eigenvalue weighted by Crippen LogP contribution is -2.45. The van der Waals surface area contributed by atoms with Gasteiger partial charge in [0.05, 0.1) is 12.5 Å². The minimum atomic E-state index is -0.303. The van der Waals surface area contributed by atoms with E-state index in [1.165, 1.54) is 0 Å². The third-order valence-corrected chi connectivity index (χ3v) is 5.44. The molecule has 26 heavy (non-hydrogen) atoms. The predicted octanol–water partition coefficient (Wildman–Crippen LogP) is 1.11. The summed E-state index contributed by atoms with van der Waals surface area (Å²) in [6, 6.07) is 3.38. The summed E-state index contributed by atoms with van der Waals surface area (Å²) < 4.78 is 5.17. The van der Waals surface area contributed by atoms with E-state index in [0.717, 1.165) is 25.9 Å². The summed E-state index contributed by atoms with van der Waals surface area (Å²) in [4.78, 5) is 35.9. The van der Waals surface area contributed by atoms with E-state index in [0.29, 0.717) is 37.6 Å². The van der Waals surface area contributed by atoms with Gasteiger partial charge in [0.15, 0.2) is 0 Å². The van der Waals surface area contributed by atoms with Crippen LogP contribution >= 0.6 is 0 Å². The Labute approximate surface area is 154 Å². The fourth-order valence-electron chi connectivity index (χ4n) is 3.89. The largest absolute Gasteiger partial charge is 0.497 e. The minimum absolute atomic E-state index is 0.106. The summed E-state index contributed by atoms with van der Waals surface area (Å²) in [6.45, 7) is 6.28. The average Bonchev–Trinajstić information content (AvgIpc) is 2.86. The van der Waals surface area contributed by atoms with E-state index >= 15 is 0 Å². The Morgan fingerprint density at radius 1 is 1.15 bits per heavy atom. The van der Waals surface area contributed by atoms with Gasteiger partial charge >= 0.3 is 0 Å². The highest BCUT2D eigenvalue weighted by atomic mass is 16.5. The first kappa shape index (κ1) is 18.6. The maximum absolute atomic E-state index is 13.0. The third-order valence-electron chi connectivity index (χ3n) is 5.44. The second kappa shape index (κ2) is 7.61. The zero-order valence-corrected chi connectivity index (χ0v) is 15.9. The van der Waals surface area contributed by atoms with Gasteiger partial charge in [-0.3, -0.25) is 14.6 Å². The van der Waals surface area contributed by atoms with Crippen LogP contribution < -0.4 is 4.74 Å². The molecule has 142 valence electrons. The maximum Gasteiger partial charge on any atom is 0.272 e. The zero-order valence-electron chi connectivity index (χ0n) is 15.9. The molecule has 7 heteroatoms. The Morgan fingerprint density at radius 2 is 1.88 bits per heavy atom. The van der Waals surface area contributed by atoms with E-state index in [1.807, 2.05) is 4.90 Å². The summed E-state index contributed by atoms with van der Waals surface area (Å²) in [6.07, 6.45) is 3.26. The van der Waals surface area contributed by atoms with Crippen molar-refractivity contribution in [1.29, 1.82) is 0 Å². The summed E-state index contributed by atoms with van der Waals surface area (Å²) in [5.41, 5.74) is 0.0796. The van der Waals surface area contributed by atoms with Crippen molar-refractivity contribution in [3.8, 4) is 5.75 Å². The molecular weight excluding hydrogens is 332 g/mol. The molecule has 3 heterocycles. The Bertz CT molecular complexity index is 681. The van der Waals surface area contributed by atoms with Crippen molar-refractivity contribution in [2.75, 3.05) is 53.4 Å². The van der Waals surface area contributed by atoms with Crippen molar-refractivity contribution in [1.82, 2.24) is 19.7 Å². The quantitative estimate of drug-likeness (QED) is 0.808. The molecule has 2 aliphatic heterocycles. The Hall–Kier alpha value is -2.15. The normalized spacial score (nSPS) is 24.4. The Balaban J connectivity index is 1.64. The van der Waals surface area contributed by atoms with Gasteiger partial charge < -0.3 is 19.4 Å². The number of rotatable bonds is 3. The number of aromatic nitrogens is 1. The van der Waals surface area contributed by atoms with Crippen LogP contribution in [0.1, 0.15) is 30.3 Å². The number of ether oxygens (including phenoxy) is 1. The third kappa shape index (κ3) is 3.82. The van der Waals surface area contributed by atoms with Crippen LogP contribution in [0.2, 0.25) is 0 Å². The highest BCUT2D eigenvalue weighted by Crippen LogP contribution is 2.31. The first-order chi connectivity index (χ1) is 12.4. The van der Waals surface area contributed by atoms with Crippen LogP contribution in [0.4, 0.5) is 0 Å². The van der Waals surface area contributed by atoms with Gasteiger partial charge in [-0.25, -0.2) is 0 Å². The predicted molar refractivity (Wildman–Crippen MR) is 98.1 cm³/mol. The van der Waals surface area contributed by atoms with Crippen LogP contribution in [0.5, 0.6) is 5.75 Å². The lowest BCUT2D eigenvalue weighted by Gasteiger charge is -2.31. The molecule has 0 aliphatic carbocycles. The van der Waals surface area contributed by atoms with Crippen LogP contribution in [-0.2, 0) is 4.79 Å². The molecule has 1 unspecified atom stereocenters. The molecule has 0 spiro atoms. The summed E-state index contributed by atoms with van der Waals surface area (Å²) in [5, 5.41) is 0. The lowest BCUT2D eigenvalue weighted by molar-refractivity contribution is -0.140. The summed E-state index contributed by atoms with van der Waals surface area (Å²) in [7, 11) is 3.63. The Morgan fingerprint density at radius 3 is 2.58 bits per heavy atom. The topological polar surface area (TPSA) is 66.0 Å². The van der Waals surface area contributed by atoms with Gasteiger partial charge in [0.25, 0.3) is 5.91 Å². The van der Waals surface area contributed by atoms with Crippen LogP contribution in [0, 0.1) is 5.41 Å². The van der Waals surface area contributed by atoms with E-state index in [-0.39, 0.29) is 17.2 Å².